The second kappa shape index (κ2) is 4.79. The fraction of sp³-hybridized carbons (Fsp3) is 0.267. The van der Waals surface area contributed by atoms with Crippen molar-refractivity contribution in [3.05, 3.63) is 51.7 Å². The Balaban J connectivity index is 2.06. The van der Waals surface area contributed by atoms with Crippen LogP contribution in [0.1, 0.15) is 28.1 Å². The molecule has 2 heterocycles. The van der Waals surface area contributed by atoms with E-state index in [1.54, 1.807) is 11.3 Å². The summed E-state index contributed by atoms with van der Waals surface area (Å²) in [5.74, 6) is 0.911. The third kappa shape index (κ3) is 2.29. The van der Waals surface area contributed by atoms with Gasteiger partial charge in [-0.05, 0) is 39.1 Å². The molecule has 0 radical (unpaired) electrons. The maximum atomic E-state index is 5.94. The van der Waals surface area contributed by atoms with E-state index in [2.05, 4.69) is 40.8 Å². The molecular weight excluding hydrogens is 256 g/mol. The molecule has 19 heavy (non-hydrogen) atoms. The topological polar surface area (TPSA) is 38.1 Å². The van der Waals surface area contributed by atoms with Crippen molar-refractivity contribution in [3.63, 3.8) is 0 Å². The average Bonchev–Trinajstić information content (AvgIpc) is 2.96. The van der Waals surface area contributed by atoms with Gasteiger partial charge in [0.05, 0.1) is 10.7 Å². The van der Waals surface area contributed by atoms with Gasteiger partial charge in [-0.25, -0.2) is 4.98 Å². The molecule has 0 saturated carbocycles. The molecule has 3 rings (SSSR count). The van der Waals surface area contributed by atoms with Crippen LogP contribution in [0.15, 0.2) is 34.1 Å². The van der Waals surface area contributed by atoms with Crippen molar-refractivity contribution in [2.45, 2.75) is 19.9 Å². The monoisotopic (exact) mass is 272 g/mol. The number of aromatic nitrogens is 1. The molecule has 1 aromatic carbocycles. The normalized spacial score (nSPS) is 13.0. The Morgan fingerprint density at radius 3 is 2.79 bits per heavy atom. The van der Waals surface area contributed by atoms with Crippen molar-refractivity contribution in [2.24, 2.45) is 0 Å². The lowest BCUT2D eigenvalue weighted by Crippen LogP contribution is -2.17. The summed E-state index contributed by atoms with van der Waals surface area (Å²) in [6.45, 7) is 4.11. The first-order chi connectivity index (χ1) is 9.17. The van der Waals surface area contributed by atoms with Gasteiger partial charge in [0.15, 0.2) is 0 Å². The molecule has 3 nitrogen and oxygen atoms in total. The van der Waals surface area contributed by atoms with E-state index in [-0.39, 0.29) is 6.04 Å². The third-order valence-corrected chi connectivity index (χ3v) is 3.99. The number of aryl methyl sites for hydroxylation is 2. The first-order valence-electron chi connectivity index (χ1n) is 6.27. The average molecular weight is 272 g/mol. The smallest absolute Gasteiger partial charge is 0.134 e. The number of nitrogens with one attached hydrogen (secondary N) is 1. The highest BCUT2D eigenvalue weighted by Gasteiger charge is 2.19. The van der Waals surface area contributed by atoms with E-state index < -0.39 is 0 Å². The van der Waals surface area contributed by atoms with Gasteiger partial charge in [0.25, 0.3) is 0 Å². The number of hydrogen-bond acceptors (Lipinski definition) is 4. The highest BCUT2D eigenvalue weighted by molar-refractivity contribution is 7.09. The Hall–Kier alpha value is -1.65. The summed E-state index contributed by atoms with van der Waals surface area (Å²) < 4.78 is 5.94. The van der Waals surface area contributed by atoms with E-state index in [1.165, 1.54) is 5.56 Å². The molecule has 0 saturated heterocycles. The Morgan fingerprint density at radius 1 is 1.26 bits per heavy atom. The minimum absolute atomic E-state index is 0.0117. The Labute approximate surface area is 116 Å². The lowest BCUT2D eigenvalue weighted by atomic mass is 10.1. The summed E-state index contributed by atoms with van der Waals surface area (Å²) in [5.41, 5.74) is 3.18. The van der Waals surface area contributed by atoms with Crippen molar-refractivity contribution < 1.29 is 4.42 Å². The minimum Gasteiger partial charge on any atom is -0.459 e. The van der Waals surface area contributed by atoms with E-state index >= 15 is 0 Å². The Bertz CT molecular complexity index is 714. The highest BCUT2D eigenvalue weighted by Crippen LogP contribution is 2.29. The molecular formula is C15H16N2OS. The van der Waals surface area contributed by atoms with E-state index in [1.807, 2.05) is 20.0 Å². The minimum atomic E-state index is 0.0117. The van der Waals surface area contributed by atoms with Gasteiger partial charge in [0.2, 0.25) is 0 Å². The maximum Gasteiger partial charge on any atom is 0.134 e. The zero-order chi connectivity index (χ0) is 13.4. The second-order valence-corrected chi connectivity index (χ2v) is 5.77. The number of nitrogens with zero attached hydrogens (tertiary/aromatic N) is 1. The van der Waals surface area contributed by atoms with Gasteiger partial charge in [-0.15, -0.1) is 11.3 Å². The number of rotatable bonds is 3. The van der Waals surface area contributed by atoms with Gasteiger partial charge >= 0.3 is 0 Å². The van der Waals surface area contributed by atoms with Crippen LogP contribution in [-0.2, 0) is 0 Å². The molecule has 1 unspecified atom stereocenters. The molecule has 0 fully saturated rings. The molecule has 0 aliphatic carbocycles. The molecule has 2 aromatic heterocycles. The van der Waals surface area contributed by atoms with Crippen LogP contribution < -0.4 is 5.32 Å². The SMILES string of the molecule is CNC(c1csc(C)n1)c1cc2cc(C)ccc2o1. The molecule has 0 bridgehead atoms. The Morgan fingerprint density at radius 2 is 2.11 bits per heavy atom. The quantitative estimate of drug-likeness (QED) is 0.787. The van der Waals surface area contributed by atoms with Crippen LogP contribution in [0.5, 0.6) is 0 Å². The lowest BCUT2D eigenvalue weighted by molar-refractivity contribution is 0.487. The summed E-state index contributed by atoms with van der Waals surface area (Å²) in [4.78, 5) is 4.54. The van der Waals surface area contributed by atoms with Crippen LogP contribution in [0.25, 0.3) is 11.0 Å². The molecule has 0 aliphatic heterocycles. The van der Waals surface area contributed by atoms with Crippen LogP contribution in [0.2, 0.25) is 0 Å². The first-order valence-corrected chi connectivity index (χ1v) is 7.15. The fourth-order valence-electron chi connectivity index (χ4n) is 2.27. The number of hydrogen-bond donors (Lipinski definition) is 1. The standard InChI is InChI=1S/C15H16N2OS/c1-9-4-5-13-11(6-9)7-14(18-13)15(16-3)12-8-19-10(2)17-12/h4-8,15-16H,1-3H3. The third-order valence-electron chi connectivity index (χ3n) is 3.20. The number of thiazole rings is 1. The van der Waals surface area contributed by atoms with E-state index in [0.717, 1.165) is 27.4 Å². The first kappa shape index (κ1) is 12.4. The second-order valence-electron chi connectivity index (χ2n) is 4.70. The van der Waals surface area contributed by atoms with Gasteiger partial charge in [-0.2, -0.15) is 0 Å². The number of fused-ring (bicyclic) bond motifs is 1. The molecule has 0 amide bonds. The van der Waals surface area contributed by atoms with Crippen molar-refractivity contribution >= 4 is 22.3 Å². The van der Waals surface area contributed by atoms with Crippen LogP contribution in [-0.4, -0.2) is 12.0 Å². The van der Waals surface area contributed by atoms with E-state index in [9.17, 15) is 0 Å². The van der Waals surface area contributed by atoms with Crippen LogP contribution in [0.3, 0.4) is 0 Å². The van der Waals surface area contributed by atoms with Gasteiger partial charge in [0.1, 0.15) is 17.4 Å². The largest absolute Gasteiger partial charge is 0.459 e. The number of benzene rings is 1. The van der Waals surface area contributed by atoms with Crippen molar-refractivity contribution in [1.82, 2.24) is 10.3 Å². The zero-order valence-corrected chi connectivity index (χ0v) is 12.0. The summed E-state index contributed by atoms with van der Waals surface area (Å²) in [6, 6.07) is 8.33. The molecule has 0 spiro atoms. The van der Waals surface area contributed by atoms with E-state index in [4.69, 9.17) is 4.42 Å². The fourth-order valence-corrected chi connectivity index (χ4v) is 2.91. The molecule has 4 heteroatoms. The Kier molecular flexibility index (Phi) is 3.12. The van der Waals surface area contributed by atoms with Gasteiger partial charge in [-0.1, -0.05) is 11.6 Å². The van der Waals surface area contributed by atoms with Crippen LogP contribution in [0.4, 0.5) is 0 Å². The van der Waals surface area contributed by atoms with Gasteiger partial charge in [0, 0.05) is 10.8 Å². The molecule has 98 valence electrons. The summed E-state index contributed by atoms with van der Waals surface area (Å²) in [7, 11) is 1.93. The predicted molar refractivity (Wildman–Crippen MR) is 78.7 cm³/mol. The van der Waals surface area contributed by atoms with Crippen LogP contribution in [0, 0.1) is 13.8 Å². The predicted octanol–water partition coefficient (Wildman–Crippen LogP) is 3.81. The highest BCUT2D eigenvalue weighted by atomic mass is 32.1. The lowest BCUT2D eigenvalue weighted by Gasteiger charge is -2.10. The summed E-state index contributed by atoms with van der Waals surface area (Å²) in [5, 5.41) is 7.56. The number of furan rings is 1. The molecule has 1 N–H and O–H groups in total. The van der Waals surface area contributed by atoms with E-state index in [0.29, 0.717) is 0 Å². The molecule has 1 atom stereocenters. The van der Waals surface area contributed by atoms with Gasteiger partial charge < -0.3 is 9.73 Å². The summed E-state index contributed by atoms with van der Waals surface area (Å²) in [6.07, 6.45) is 0. The van der Waals surface area contributed by atoms with Crippen molar-refractivity contribution in [3.8, 4) is 0 Å². The summed E-state index contributed by atoms with van der Waals surface area (Å²) >= 11 is 1.66. The van der Waals surface area contributed by atoms with Crippen LogP contribution >= 0.6 is 11.3 Å². The van der Waals surface area contributed by atoms with Crippen molar-refractivity contribution in [1.29, 1.82) is 0 Å². The molecule has 3 aromatic rings. The van der Waals surface area contributed by atoms with Crippen molar-refractivity contribution in [2.75, 3.05) is 7.05 Å². The van der Waals surface area contributed by atoms with Gasteiger partial charge in [-0.3, -0.25) is 0 Å². The zero-order valence-electron chi connectivity index (χ0n) is 11.2. The maximum absolute atomic E-state index is 5.94. The molecule has 0 aliphatic rings.